The fraction of sp³-hybridized carbons (Fsp3) is 0.0968. The molecule has 0 aliphatic carbocycles. The van der Waals surface area contributed by atoms with Crippen molar-refractivity contribution < 1.29 is 4.79 Å². The van der Waals surface area contributed by atoms with Gasteiger partial charge in [0.25, 0.3) is 0 Å². The van der Waals surface area contributed by atoms with Gasteiger partial charge in [0.15, 0.2) is 5.16 Å². The molecule has 0 aliphatic rings. The van der Waals surface area contributed by atoms with Crippen LogP contribution in [0.5, 0.6) is 0 Å². The average Bonchev–Trinajstić information content (AvgIpc) is 3.32. The minimum Gasteiger partial charge on any atom is -0.355 e. The summed E-state index contributed by atoms with van der Waals surface area (Å²) in [6.45, 7) is 0.569. The zero-order chi connectivity index (χ0) is 24.6. The molecule has 1 heterocycles. The second-order valence-electron chi connectivity index (χ2n) is 8.36. The van der Waals surface area contributed by atoms with Crippen LogP contribution in [0.15, 0.2) is 126 Å². The van der Waals surface area contributed by atoms with Crippen molar-refractivity contribution in [3.8, 4) is 28.2 Å². The van der Waals surface area contributed by atoms with Crippen LogP contribution in [-0.4, -0.2) is 27.8 Å². The quantitative estimate of drug-likeness (QED) is 0.186. The van der Waals surface area contributed by atoms with Crippen molar-refractivity contribution in [3.05, 3.63) is 127 Å². The highest BCUT2D eigenvalue weighted by Crippen LogP contribution is 2.38. The van der Waals surface area contributed by atoms with Gasteiger partial charge in [0.05, 0.1) is 17.8 Å². The predicted octanol–water partition coefficient (Wildman–Crippen LogP) is 6.66. The maximum Gasteiger partial charge on any atom is 0.224 e. The molecule has 178 valence electrons. The number of amides is 1. The highest BCUT2D eigenvalue weighted by atomic mass is 32.2. The van der Waals surface area contributed by atoms with Crippen LogP contribution in [0.2, 0.25) is 0 Å². The lowest BCUT2D eigenvalue weighted by atomic mass is 10.0. The normalized spacial score (nSPS) is 10.8. The Morgan fingerprint density at radius 3 is 1.92 bits per heavy atom. The third-order valence-corrected chi connectivity index (χ3v) is 6.76. The number of nitrogens with one attached hydrogen (secondary N) is 1. The molecule has 4 aromatic carbocycles. The second-order valence-corrected chi connectivity index (χ2v) is 9.42. The van der Waals surface area contributed by atoms with E-state index in [9.17, 15) is 4.79 Å². The van der Waals surface area contributed by atoms with Crippen LogP contribution in [0.25, 0.3) is 28.2 Å². The van der Waals surface area contributed by atoms with Crippen LogP contribution >= 0.6 is 11.8 Å². The van der Waals surface area contributed by atoms with E-state index in [-0.39, 0.29) is 5.91 Å². The van der Waals surface area contributed by atoms with Gasteiger partial charge in [-0.1, -0.05) is 121 Å². The number of carbonyl (C=O) groups excluding carboxylic acids is 1. The molecule has 1 aromatic heterocycles. The van der Waals surface area contributed by atoms with E-state index in [4.69, 9.17) is 4.98 Å². The lowest BCUT2D eigenvalue weighted by Gasteiger charge is -2.13. The first-order valence-corrected chi connectivity index (χ1v) is 13.0. The van der Waals surface area contributed by atoms with Crippen molar-refractivity contribution in [3.63, 3.8) is 0 Å². The Morgan fingerprint density at radius 1 is 0.722 bits per heavy atom. The molecule has 0 aliphatic heterocycles. The topological polar surface area (TPSA) is 46.9 Å². The summed E-state index contributed by atoms with van der Waals surface area (Å²) in [7, 11) is 0. The molecule has 0 radical (unpaired) electrons. The van der Waals surface area contributed by atoms with Gasteiger partial charge in [-0.15, -0.1) is 0 Å². The number of thioether (sulfide) groups is 1. The number of hydrogen-bond acceptors (Lipinski definition) is 3. The number of benzene rings is 4. The molecule has 0 spiro atoms. The van der Waals surface area contributed by atoms with Gasteiger partial charge >= 0.3 is 0 Å². The van der Waals surface area contributed by atoms with Crippen LogP contribution < -0.4 is 5.32 Å². The zero-order valence-electron chi connectivity index (χ0n) is 19.9. The van der Waals surface area contributed by atoms with Gasteiger partial charge in [-0.25, -0.2) is 4.98 Å². The molecule has 5 heteroatoms. The largest absolute Gasteiger partial charge is 0.355 e. The fourth-order valence-electron chi connectivity index (χ4n) is 4.15. The zero-order valence-corrected chi connectivity index (χ0v) is 20.7. The minimum atomic E-state index is 0.0307. The highest BCUT2D eigenvalue weighted by molar-refractivity contribution is 7.99. The first kappa shape index (κ1) is 23.6. The lowest BCUT2D eigenvalue weighted by molar-refractivity contribution is -0.120. The summed E-state index contributed by atoms with van der Waals surface area (Å²) >= 11 is 1.65. The smallest absolute Gasteiger partial charge is 0.224 e. The maximum absolute atomic E-state index is 12.4. The van der Waals surface area contributed by atoms with E-state index < -0.39 is 0 Å². The molecule has 0 unspecified atom stereocenters. The monoisotopic (exact) mass is 489 g/mol. The van der Waals surface area contributed by atoms with Gasteiger partial charge in [-0.3, -0.25) is 9.36 Å². The van der Waals surface area contributed by atoms with E-state index in [0.29, 0.717) is 18.7 Å². The molecule has 1 amide bonds. The third-order valence-electron chi connectivity index (χ3n) is 5.82. The predicted molar refractivity (Wildman–Crippen MR) is 148 cm³/mol. The average molecular weight is 490 g/mol. The minimum absolute atomic E-state index is 0.0307. The molecule has 0 bridgehead atoms. The molecule has 0 saturated heterocycles. The number of rotatable bonds is 9. The van der Waals surface area contributed by atoms with Gasteiger partial charge in [-0.05, 0) is 17.7 Å². The number of imidazole rings is 1. The van der Waals surface area contributed by atoms with Gasteiger partial charge in [0.1, 0.15) is 0 Å². The molecule has 5 rings (SSSR count). The van der Waals surface area contributed by atoms with E-state index in [1.165, 1.54) is 0 Å². The van der Waals surface area contributed by atoms with Gasteiger partial charge in [0, 0.05) is 29.1 Å². The van der Waals surface area contributed by atoms with E-state index in [2.05, 4.69) is 58.4 Å². The van der Waals surface area contributed by atoms with Crippen molar-refractivity contribution in [2.24, 2.45) is 0 Å². The number of hydrogen-bond donors (Lipinski definition) is 1. The molecule has 0 atom stereocenters. The first-order chi connectivity index (χ1) is 17.8. The molecule has 0 fully saturated rings. The fourth-order valence-corrected chi connectivity index (χ4v) is 5.02. The number of nitrogens with zero attached hydrogens (tertiary/aromatic N) is 2. The molecule has 0 saturated carbocycles. The van der Waals surface area contributed by atoms with Gasteiger partial charge in [-0.2, -0.15) is 0 Å². The van der Waals surface area contributed by atoms with Crippen LogP contribution in [0.3, 0.4) is 0 Å². The summed E-state index contributed by atoms with van der Waals surface area (Å²) in [5.41, 5.74) is 6.26. The Morgan fingerprint density at radius 2 is 1.28 bits per heavy atom. The van der Waals surface area contributed by atoms with E-state index in [0.717, 1.165) is 38.9 Å². The summed E-state index contributed by atoms with van der Waals surface area (Å²) < 4.78 is 2.23. The van der Waals surface area contributed by atoms with E-state index in [1.54, 1.807) is 11.8 Å². The van der Waals surface area contributed by atoms with Crippen LogP contribution in [0, 0.1) is 0 Å². The van der Waals surface area contributed by atoms with Crippen molar-refractivity contribution >= 4 is 17.7 Å². The molecule has 1 N–H and O–H groups in total. The molecular formula is C31H27N3OS. The second kappa shape index (κ2) is 11.6. The van der Waals surface area contributed by atoms with Crippen LogP contribution in [0.1, 0.15) is 5.56 Å². The Kier molecular flexibility index (Phi) is 7.59. The number of para-hydroxylation sites is 1. The molecule has 4 nitrogen and oxygen atoms in total. The van der Waals surface area contributed by atoms with Crippen LogP contribution in [-0.2, 0) is 11.2 Å². The van der Waals surface area contributed by atoms with E-state index in [1.807, 2.05) is 72.8 Å². The Balaban J connectivity index is 1.44. The van der Waals surface area contributed by atoms with Crippen molar-refractivity contribution in [1.82, 2.24) is 14.9 Å². The number of aromatic nitrogens is 2. The first-order valence-electron chi connectivity index (χ1n) is 12.0. The summed E-state index contributed by atoms with van der Waals surface area (Å²) in [4.78, 5) is 17.5. The van der Waals surface area contributed by atoms with E-state index >= 15 is 0 Å². The summed E-state index contributed by atoms with van der Waals surface area (Å²) in [5, 5.41) is 3.95. The molecular weight excluding hydrogens is 462 g/mol. The van der Waals surface area contributed by atoms with Gasteiger partial charge < -0.3 is 5.32 Å². The van der Waals surface area contributed by atoms with Crippen molar-refractivity contribution in [2.75, 3.05) is 12.3 Å². The number of carbonyl (C=O) groups is 1. The van der Waals surface area contributed by atoms with Crippen molar-refractivity contribution in [1.29, 1.82) is 0 Å². The molecule has 36 heavy (non-hydrogen) atoms. The third kappa shape index (κ3) is 5.58. The Bertz CT molecular complexity index is 1400. The van der Waals surface area contributed by atoms with Gasteiger partial charge in [0.2, 0.25) is 5.91 Å². The summed E-state index contributed by atoms with van der Waals surface area (Å²) in [6, 6.07) is 40.8. The maximum atomic E-state index is 12.4. The Labute approximate surface area is 216 Å². The standard InChI is InChI=1S/C31H27N3OS/c35-28(23-24-13-5-1-6-14-24)32-21-22-36-31-33-29(25-15-7-2-8-16-25)30(26-17-9-3-10-18-26)34(31)27-19-11-4-12-20-27/h1-20H,21-23H2,(H,32,35). The van der Waals surface area contributed by atoms with Crippen LogP contribution in [0.4, 0.5) is 0 Å². The highest BCUT2D eigenvalue weighted by Gasteiger charge is 2.21. The SMILES string of the molecule is O=C(Cc1ccccc1)NCCSc1nc(-c2ccccc2)c(-c2ccccc2)n1-c1ccccc1. The summed E-state index contributed by atoms with van der Waals surface area (Å²) in [5.74, 6) is 0.746. The lowest BCUT2D eigenvalue weighted by Crippen LogP contribution is -2.27. The summed E-state index contributed by atoms with van der Waals surface area (Å²) in [6.07, 6.45) is 0.389. The Hall–Kier alpha value is -4.09. The molecule has 5 aromatic rings. The van der Waals surface area contributed by atoms with Crippen molar-refractivity contribution in [2.45, 2.75) is 11.6 Å².